The predicted molar refractivity (Wildman–Crippen MR) is 86.8 cm³/mol. The average molecular weight is 301 g/mol. The molecule has 2 aromatic rings. The number of aryl methyl sites for hydroxylation is 3. The maximum absolute atomic E-state index is 11.8. The fourth-order valence-electron chi connectivity index (χ4n) is 1.87. The van der Waals surface area contributed by atoms with Gasteiger partial charge in [0.2, 0.25) is 5.91 Å². The van der Waals surface area contributed by atoms with Crippen molar-refractivity contribution in [3.05, 3.63) is 51.0 Å². The summed E-state index contributed by atoms with van der Waals surface area (Å²) in [5, 5.41) is 7.02. The van der Waals surface area contributed by atoms with Crippen molar-refractivity contribution in [2.45, 2.75) is 34.1 Å². The second-order valence-electron chi connectivity index (χ2n) is 5.07. The maximum atomic E-state index is 11.8. The van der Waals surface area contributed by atoms with Crippen LogP contribution in [0.1, 0.15) is 34.3 Å². The van der Waals surface area contributed by atoms with Gasteiger partial charge in [-0.3, -0.25) is 4.79 Å². The quantitative estimate of drug-likeness (QED) is 0.696. The number of thiazole rings is 1. The first-order valence-electron chi connectivity index (χ1n) is 6.77. The highest BCUT2D eigenvalue weighted by atomic mass is 32.1. The van der Waals surface area contributed by atoms with Crippen molar-refractivity contribution in [2.24, 2.45) is 5.10 Å². The standard InChI is InChI=1S/C16H19N3OS/c1-10-5-6-14(7-11(10)2)12(3)18-19-16(20)8-15-9-21-13(4)17-15/h5-7,9H,8H2,1-4H3,(H,19,20)/b18-12-. The van der Waals surface area contributed by atoms with Gasteiger partial charge < -0.3 is 0 Å². The van der Waals surface area contributed by atoms with E-state index in [-0.39, 0.29) is 12.3 Å². The summed E-state index contributed by atoms with van der Waals surface area (Å²) in [6, 6.07) is 6.14. The third kappa shape index (κ3) is 4.23. The number of aromatic nitrogens is 1. The third-order valence-electron chi connectivity index (χ3n) is 3.28. The van der Waals surface area contributed by atoms with Crippen LogP contribution in [0.15, 0.2) is 28.7 Å². The molecule has 1 aromatic heterocycles. The lowest BCUT2D eigenvalue weighted by molar-refractivity contribution is -0.120. The number of nitrogens with zero attached hydrogens (tertiary/aromatic N) is 2. The zero-order valence-electron chi connectivity index (χ0n) is 12.7. The number of nitrogens with one attached hydrogen (secondary N) is 1. The molecule has 0 saturated heterocycles. The molecule has 1 heterocycles. The Labute approximate surface area is 128 Å². The van der Waals surface area contributed by atoms with E-state index in [0.29, 0.717) is 0 Å². The van der Waals surface area contributed by atoms with Crippen LogP contribution in [-0.2, 0) is 11.2 Å². The topological polar surface area (TPSA) is 54.4 Å². The minimum absolute atomic E-state index is 0.150. The summed E-state index contributed by atoms with van der Waals surface area (Å²) in [6.07, 6.45) is 0.258. The Balaban J connectivity index is 1.99. The van der Waals surface area contributed by atoms with Gasteiger partial charge in [-0.05, 0) is 50.5 Å². The Kier molecular flexibility index (Phi) is 4.85. The smallest absolute Gasteiger partial charge is 0.246 e. The highest BCUT2D eigenvalue weighted by Gasteiger charge is 2.06. The minimum Gasteiger partial charge on any atom is -0.273 e. The number of hydrazone groups is 1. The minimum atomic E-state index is -0.150. The van der Waals surface area contributed by atoms with E-state index in [1.54, 1.807) is 11.3 Å². The van der Waals surface area contributed by atoms with Gasteiger partial charge in [-0.25, -0.2) is 10.4 Å². The summed E-state index contributed by atoms with van der Waals surface area (Å²) in [4.78, 5) is 16.1. The van der Waals surface area contributed by atoms with Crippen molar-refractivity contribution in [3.8, 4) is 0 Å². The highest BCUT2D eigenvalue weighted by Crippen LogP contribution is 2.11. The monoisotopic (exact) mass is 301 g/mol. The molecule has 2 rings (SSSR count). The van der Waals surface area contributed by atoms with Crippen LogP contribution in [0.25, 0.3) is 0 Å². The predicted octanol–water partition coefficient (Wildman–Crippen LogP) is 3.15. The molecule has 5 heteroatoms. The Bertz CT molecular complexity index is 689. The normalized spacial score (nSPS) is 11.5. The van der Waals surface area contributed by atoms with Gasteiger partial charge in [0, 0.05) is 5.38 Å². The molecule has 1 N–H and O–H groups in total. The van der Waals surface area contributed by atoms with Crippen molar-refractivity contribution in [1.29, 1.82) is 0 Å². The molecule has 4 nitrogen and oxygen atoms in total. The number of carbonyl (C=O) groups is 1. The highest BCUT2D eigenvalue weighted by molar-refractivity contribution is 7.09. The van der Waals surface area contributed by atoms with Gasteiger partial charge in [-0.15, -0.1) is 11.3 Å². The van der Waals surface area contributed by atoms with E-state index in [1.165, 1.54) is 11.1 Å². The number of rotatable bonds is 4. The number of carbonyl (C=O) groups excluding carboxylic acids is 1. The molecule has 21 heavy (non-hydrogen) atoms. The molecule has 0 saturated carbocycles. The van der Waals surface area contributed by atoms with E-state index < -0.39 is 0 Å². The molecule has 0 spiro atoms. The SMILES string of the molecule is C/C(=N/NC(=O)Cc1csc(C)n1)c1ccc(C)c(C)c1. The fraction of sp³-hybridized carbons (Fsp3) is 0.312. The van der Waals surface area contributed by atoms with E-state index in [9.17, 15) is 4.79 Å². The maximum Gasteiger partial charge on any atom is 0.246 e. The van der Waals surface area contributed by atoms with Crippen molar-refractivity contribution < 1.29 is 4.79 Å². The molecule has 0 atom stereocenters. The Morgan fingerprint density at radius 2 is 2.05 bits per heavy atom. The number of hydrogen-bond donors (Lipinski definition) is 1. The van der Waals surface area contributed by atoms with E-state index in [0.717, 1.165) is 22.0 Å². The Hall–Kier alpha value is -2.01. The molecule has 0 aliphatic heterocycles. The van der Waals surface area contributed by atoms with Gasteiger partial charge >= 0.3 is 0 Å². The molecular formula is C16H19N3OS. The molecule has 1 amide bonds. The van der Waals surface area contributed by atoms with Gasteiger partial charge in [0.1, 0.15) is 0 Å². The second kappa shape index (κ2) is 6.63. The first-order valence-corrected chi connectivity index (χ1v) is 7.65. The molecular weight excluding hydrogens is 282 g/mol. The number of amides is 1. The molecule has 0 aliphatic rings. The van der Waals surface area contributed by atoms with E-state index in [2.05, 4.69) is 41.5 Å². The zero-order valence-corrected chi connectivity index (χ0v) is 13.5. The van der Waals surface area contributed by atoms with Crippen LogP contribution in [0, 0.1) is 20.8 Å². The van der Waals surface area contributed by atoms with Crippen LogP contribution in [0.3, 0.4) is 0 Å². The molecule has 0 radical (unpaired) electrons. The van der Waals surface area contributed by atoms with Crippen LogP contribution in [0.4, 0.5) is 0 Å². The second-order valence-corrected chi connectivity index (χ2v) is 6.13. The number of benzene rings is 1. The van der Waals surface area contributed by atoms with Gasteiger partial charge in [0.05, 0.1) is 22.8 Å². The molecule has 0 bridgehead atoms. The van der Waals surface area contributed by atoms with E-state index in [1.807, 2.05) is 25.3 Å². The van der Waals surface area contributed by atoms with Crippen LogP contribution >= 0.6 is 11.3 Å². The van der Waals surface area contributed by atoms with Gasteiger partial charge in [0.15, 0.2) is 0 Å². The molecule has 110 valence electrons. The van der Waals surface area contributed by atoms with E-state index in [4.69, 9.17) is 0 Å². The first-order chi connectivity index (χ1) is 9.95. The third-order valence-corrected chi connectivity index (χ3v) is 4.10. The van der Waals surface area contributed by atoms with Crippen molar-refractivity contribution >= 4 is 23.0 Å². The van der Waals surface area contributed by atoms with Gasteiger partial charge in [-0.1, -0.05) is 12.1 Å². The van der Waals surface area contributed by atoms with Crippen LogP contribution in [-0.4, -0.2) is 16.6 Å². The largest absolute Gasteiger partial charge is 0.273 e. The average Bonchev–Trinajstić information content (AvgIpc) is 2.84. The molecule has 1 aromatic carbocycles. The Morgan fingerprint density at radius 1 is 1.29 bits per heavy atom. The zero-order chi connectivity index (χ0) is 15.4. The summed E-state index contributed by atoms with van der Waals surface area (Å²) in [5.41, 5.74) is 7.64. The summed E-state index contributed by atoms with van der Waals surface area (Å²) >= 11 is 1.54. The van der Waals surface area contributed by atoms with Crippen molar-refractivity contribution in [3.63, 3.8) is 0 Å². The number of hydrogen-bond acceptors (Lipinski definition) is 4. The summed E-state index contributed by atoms with van der Waals surface area (Å²) < 4.78 is 0. The van der Waals surface area contributed by atoms with Crippen molar-refractivity contribution in [2.75, 3.05) is 0 Å². The van der Waals surface area contributed by atoms with E-state index >= 15 is 0 Å². The van der Waals surface area contributed by atoms with Gasteiger partial charge in [0.25, 0.3) is 0 Å². The van der Waals surface area contributed by atoms with Crippen LogP contribution < -0.4 is 5.43 Å². The summed E-state index contributed by atoms with van der Waals surface area (Å²) in [6.45, 7) is 7.95. The lowest BCUT2D eigenvalue weighted by Gasteiger charge is -2.05. The molecule has 0 fully saturated rings. The van der Waals surface area contributed by atoms with Crippen LogP contribution in [0.5, 0.6) is 0 Å². The molecule has 0 aliphatic carbocycles. The van der Waals surface area contributed by atoms with Crippen molar-refractivity contribution in [1.82, 2.24) is 10.4 Å². The first kappa shape index (κ1) is 15.4. The lowest BCUT2D eigenvalue weighted by atomic mass is 10.0. The lowest BCUT2D eigenvalue weighted by Crippen LogP contribution is -2.21. The summed E-state index contributed by atoms with van der Waals surface area (Å²) in [7, 11) is 0. The molecule has 0 unspecified atom stereocenters. The summed E-state index contributed by atoms with van der Waals surface area (Å²) in [5.74, 6) is -0.150. The fourth-order valence-corrected chi connectivity index (χ4v) is 2.48. The van der Waals surface area contributed by atoms with Gasteiger partial charge in [-0.2, -0.15) is 5.10 Å². The van der Waals surface area contributed by atoms with Crippen LogP contribution in [0.2, 0.25) is 0 Å². The Morgan fingerprint density at radius 3 is 2.67 bits per heavy atom.